The molecule has 2 aromatic rings. The van der Waals surface area contributed by atoms with E-state index in [9.17, 15) is 14.4 Å². The third-order valence-corrected chi connectivity index (χ3v) is 6.05. The van der Waals surface area contributed by atoms with Gasteiger partial charge in [0, 0.05) is 39.1 Å². The number of likely N-dealkylation sites (tertiary alicyclic amines) is 1. The first-order valence-electron chi connectivity index (χ1n) is 10.2. The number of nitrogens with zero attached hydrogens (tertiary/aromatic N) is 3. The fourth-order valence-corrected chi connectivity index (χ4v) is 4.35. The number of carbonyl (C=O) groups excluding carboxylic acids is 3. The van der Waals surface area contributed by atoms with Gasteiger partial charge in [-0.1, -0.05) is 30.3 Å². The molecular formula is C22H26N4O4. The number of urea groups is 1. The van der Waals surface area contributed by atoms with E-state index in [-0.39, 0.29) is 24.4 Å². The first kappa shape index (κ1) is 20.2. The van der Waals surface area contributed by atoms with Gasteiger partial charge in [-0.2, -0.15) is 0 Å². The molecule has 0 radical (unpaired) electrons. The molecule has 8 nitrogen and oxygen atoms in total. The van der Waals surface area contributed by atoms with Crippen LogP contribution in [-0.4, -0.2) is 76.4 Å². The monoisotopic (exact) mass is 410 g/mol. The van der Waals surface area contributed by atoms with Gasteiger partial charge >= 0.3 is 6.03 Å². The topological polar surface area (TPSA) is 85.9 Å². The second-order valence-electron chi connectivity index (χ2n) is 7.73. The van der Waals surface area contributed by atoms with Gasteiger partial charge in [-0.05, 0) is 24.5 Å². The van der Waals surface area contributed by atoms with Crippen LogP contribution in [0.5, 0.6) is 0 Å². The Morgan fingerprint density at radius 3 is 2.50 bits per heavy atom. The average Bonchev–Trinajstić information content (AvgIpc) is 3.37. The summed E-state index contributed by atoms with van der Waals surface area (Å²) < 4.78 is 5.10. The number of aromatic amines is 1. The highest BCUT2D eigenvalue weighted by atomic mass is 16.5. The van der Waals surface area contributed by atoms with Crippen molar-refractivity contribution < 1.29 is 19.1 Å². The molecule has 1 aromatic heterocycles. The van der Waals surface area contributed by atoms with Gasteiger partial charge in [0.15, 0.2) is 0 Å². The summed E-state index contributed by atoms with van der Waals surface area (Å²) in [6.45, 7) is 1.73. The minimum Gasteiger partial charge on any atom is -0.383 e. The molecule has 8 heteroatoms. The zero-order chi connectivity index (χ0) is 21.1. The Labute approximate surface area is 175 Å². The van der Waals surface area contributed by atoms with Gasteiger partial charge in [-0.15, -0.1) is 0 Å². The second kappa shape index (κ2) is 8.31. The largest absolute Gasteiger partial charge is 0.383 e. The van der Waals surface area contributed by atoms with Gasteiger partial charge in [0.05, 0.1) is 18.7 Å². The third kappa shape index (κ3) is 3.47. The van der Waals surface area contributed by atoms with Gasteiger partial charge in [0.1, 0.15) is 5.54 Å². The van der Waals surface area contributed by atoms with Crippen LogP contribution in [0.15, 0.2) is 48.8 Å². The van der Waals surface area contributed by atoms with Crippen molar-refractivity contribution in [2.24, 2.45) is 0 Å². The van der Waals surface area contributed by atoms with E-state index in [0.717, 1.165) is 5.56 Å². The van der Waals surface area contributed by atoms with Crippen LogP contribution < -0.4 is 0 Å². The minimum absolute atomic E-state index is 0.0614. The summed E-state index contributed by atoms with van der Waals surface area (Å²) >= 11 is 0. The molecule has 4 rings (SSSR count). The summed E-state index contributed by atoms with van der Waals surface area (Å²) in [6.07, 6.45) is 4.23. The van der Waals surface area contributed by atoms with Crippen molar-refractivity contribution in [3.63, 3.8) is 0 Å². The lowest BCUT2D eigenvalue weighted by Crippen LogP contribution is -2.57. The predicted molar refractivity (Wildman–Crippen MR) is 110 cm³/mol. The third-order valence-electron chi connectivity index (χ3n) is 6.05. The van der Waals surface area contributed by atoms with E-state index in [1.54, 1.807) is 35.4 Å². The molecule has 2 aliphatic heterocycles. The molecule has 2 fully saturated rings. The van der Waals surface area contributed by atoms with E-state index >= 15 is 0 Å². The molecular weight excluding hydrogens is 384 g/mol. The van der Waals surface area contributed by atoms with E-state index in [1.807, 2.05) is 30.3 Å². The summed E-state index contributed by atoms with van der Waals surface area (Å²) in [5.74, 6) is -0.247. The molecule has 0 aliphatic carbocycles. The molecule has 1 spiro atoms. The Bertz CT molecular complexity index is 904. The van der Waals surface area contributed by atoms with E-state index < -0.39 is 5.54 Å². The number of aromatic nitrogens is 1. The van der Waals surface area contributed by atoms with E-state index in [0.29, 0.717) is 44.6 Å². The molecule has 0 saturated carbocycles. The SMILES string of the molecule is COCCN1C(=O)N(Cc2ccccc2)C2(CCN(C(=O)c3cc[nH]c3)CC2)C1=O. The number of hydrogen-bond donors (Lipinski definition) is 1. The maximum atomic E-state index is 13.4. The van der Waals surface area contributed by atoms with Crippen molar-refractivity contribution in [1.29, 1.82) is 0 Å². The molecule has 2 saturated heterocycles. The number of amides is 4. The van der Waals surface area contributed by atoms with Crippen LogP contribution in [0.1, 0.15) is 28.8 Å². The van der Waals surface area contributed by atoms with Crippen LogP contribution in [0.25, 0.3) is 0 Å². The van der Waals surface area contributed by atoms with Crippen molar-refractivity contribution in [3.05, 3.63) is 59.9 Å². The van der Waals surface area contributed by atoms with Crippen LogP contribution in [0, 0.1) is 0 Å². The quantitative estimate of drug-likeness (QED) is 0.739. The summed E-state index contributed by atoms with van der Waals surface area (Å²) in [6, 6.07) is 11.1. The molecule has 1 aromatic carbocycles. The lowest BCUT2D eigenvalue weighted by Gasteiger charge is -2.42. The molecule has 0 bridgehead atoms. The van der Waals surface area contributed by atoms with E-state index in [1.165, 1.54) is 4.90 Å². The highest BCUT2D eigenvalue weighted by Crippen LogP contribution is 2.38. The number of rotatable bonds is 6. The molecule has 3 heterocycles. The van der Waals surface area contributed by atoms with Crippen molar-refractivity contribution in [3.8, 4) is 0 Å². The van der Waals surface area contributed by atoms with Crippen LogP contribution in [0.3, 0.4) is 0 Å². The smallest absolute Gasteiger partial charge is 0.328 e. The zero-order valence-corrected chi connectivity index (χ0v) is 17.0. The fourth-order valence-electron chi connectivity index (χ4n) is 4.35. The molecule has 0 unspecified atom stereocenters. The molecule has 30 heavy (non-hydrogen) atoms. The number of H-pyrrole nitrogens is 1. The zero-order valence-electron chi connectivity index (χ0n) is 17.0. The second-order valence-corrected chi connectivity index (χ2v) is 7.73. The number of ether oxygens (including phenoxy) is 1. The summed E-state index contributed by atoms with van der Waals surface area (Å²) in [5, 5.41) is 0. The standard InChI is InChI=1S/C22H26N4O4/c1-30-14-13-25-20(28)22(26(21(25)29)16-17-5-3-2-4-6-17)8-11-24(12-9-22)19(27)18-7-10-23-15-18/h2-7,10,15,23H,8-9,11-14,16H2,1H3. The van der Waals surface area contributed by atoms with Gasteiger partial charge < -0.3 is 19.5 Å². The van der Waals surface area contributed by atoms with Gasteiger partial charge in [0.2, 0.25) is 0 Å². The Balaban J connectivity index is 1.57. The van der Waals surface area contributed by atoms with Gasteiger partial charge in [0.25, 0.3) is 11.8 Å². The predicted octanol–water partition coefficient (Wildman–Crippen LogP) is 2.10. The molecule has 2 aliphatic rings. The Morgan fingerprint density at radius 2 is 1.87 bits per heavy atom. The van der Waals surface area contributed by atoms with Crippen LogP contribution in [-0.2, 0) is 16.1 Å². The van der Waals surface area contributed by atoms with Crippen molar-refractivity contribution in [2.75, 3.05) is 33.4 Å². The van der Waals surface area contributed by atoms with E-state index in [2.05, 4.69) is 4.98 Å². The first-order valence-corrected chi connectivity index (χ1v) is 10.2. The minimum atomic E-state index is -0.921. The lowest BCUT2D eigenvalue weighted by molar-refractivity contribution is -0.136. The normalized spacial score (nSPS) is 18.5. The Hall–Kier alpha value is -3.13. The number of benzene rings is 1. The van der Waals surface area contributed by atoms with Crippen LogP contribution >= 0.6 is 0 Å². The highest BCUT2D eigenvalue weighted by molar-refractivity contribution is 6.07. The molecule has 1 N–H and O–H groups in total. The number of methoxy groups -OCH3 is 1. The fraction of sp³-hybridized carbons (Fsp3) is 0.409. The number of nitrogens with one attached hydrogen (secondary N) is 1. The summed E-state index contributed by atoms with van der Waals surface area (Å²) in [4.78, 5) is 46.9. The summed E-state index contributed by atoms with van der Waals surface area (Å²) in [5.41, 5.74) is 0.648. The van der Waals surface area contributed by atoms with Crippen LogP contribution in [0.4, 0.5) is 4.79 Å². The van der Waals surface area contributed by atoms with E-state index in [4.69, 9.17) is 4.74 Å². The number of piperidine rings is 1. The maximum absolute atomic E-state index is 13.4. The number of hydrogen-bond acceptors (Lipinski definition) is 4. The molecule has 158 valence electrons. The van der Waals surface area contributed by atoms with Gasteiger partial charge in [-0.25, -0.2) is 4.79 Å². The number of carbonyl (C=O) groups is 3. The lowest BCUT2D eigenvalue weighted by atomic mass is 9.85. The first-order chi connectivity index (χ1) is 14.6. The number of imide groups is 1. The summed E-state index contributed by atoms with van der Waals surface area (Å²) in [7, 11) is 1.55. The Morgan fingerprint density at radius 1 is 1.13 bits per heavy atom. The maximum Gasteiger partial charge on any atom is 0.328 e. The Kier molecular flexibility index (Phi) is 5.59. The van der Waals surface area contributed by atoms with Crippen molar-refractivity contribution >= 4 is 17.8 Å². The average molecular weight is 410 g/mol. The van der Waals surface area contributed by atoms with Gasteiger partial charge in [-0.3, -0.25) is 14.5 Å². The van der Waals surface area contributed by atoms with Crippen LogP contribution in [0.2, 0.25) is 0 Å². The highest BCUT2D eigenvalue weighted by Gasteiger charge is 2.58. The molecule has 0 atom stereocenters. The van der Waals surface area contributed by atoms with Crippen molar-refractivity contribution in [1.82, 2.24) is 19.7 Å². The molecule has 4 amide bonds. The van der Waals surface area contributed by atoms with Crippen molar-refractivity contribution in [2.45, 2.75) is 24.9 Å².